The van der Waals surface area contributed by atoms with Crippen molar-refractivity contribution < 1.29 is 8.42 Å². The van der Waals surface area contributed by atoms with Crippen molar-refractivity contribution in [2.45, 2.75) is 17.7 Å². The van der Waals surface area contributed by atoms with Crippen LogP contribution in [0.3, 0.4) is 0 Å². The van der Waals surface area contributed by atoms with Crippen molar-refractivity contribution in [1.29, 1.82) is 0 Å². The molecule has 8 heteroatoms. The summed E-state index contributed by atoms with van der Waals surface area (Å²) < 4.78 is 28.1. The molecule has 0 atom stereocenters. The van der Waals surface area contributed by atoms with Crippen LogP contribution >= 0.6 is 0 Å². The van der Waals surface area contributed by atoms with Crippen molar-refractivity contribution in [2.75, 3.05) is 23.2 Å². The second-order valence-electron chi connectivity index (χ2n) is 6.48. The van der Waals surface area contributed by atoms with Crippen LogP contribution in [0.15, 0.2) is 60.1 Å². The molecule has 1 aromatic carbocycles. The molecule has 2 aromatic heterocycles. The van der Waals surface area contributed by atoms with E-state index in [-0.39, 0.29) is 10.7 Å². The first-order valence-corrected chi connectivity index (χ1v) is 10.1. The third kappa shape index (κ3) is 3.61. The van der Waals surface area contributed by atoms with E-state index in [4.69, 9.17) is 0 Å². The van der Waals surface area contributed by atoms with Gasteiger partial charge in [-0.1, -0.05) is 6.07 Å². The predicted octanol–water partition coefficient (Wildman–Crippen LogP) is 2.72. The lowest BCUT2D eigenvalue weighted by Gasteiger charge is -2.27. The molecule has 138 valence electrons. The number of aryl methyl sites for hydroxylation is 1. The number of fused-ring (bicyclic) bond motifs is 1. The molecule has 0 aliphatic carbocycles. The van der Waals surface area contributed by atoms with E-state index in [0.717, 1.165) is 36.2 Å². The molecule has 1 aliphatic rings. The van der Waals surface area contributed by atoms with E-state index in [1.165, 1.54) is 11.9 Å². The molecular weight excluding hydrogens is 362 g/mol. The Morgan fingerprint density at radius 3 is 2.59 bits per heavy atom. The molecule has 3 heterocycles. The fourth-order valence-electron chi connectivity index (χ4n) is 3.17. The van der Waals surface area contributed by atoms with Crippen molar-refractivity contribution in [3.8, 4) is 11.1 Å². The molecule has 0 fully saturated rings. The number of hydrogen-bond acceptors (Lipinski definition) is 6. The summed E-state index contributed by atoms with van der Waals surface area (Å²) in [5, 5.41) is 0. The molecule has 0 bridgehead atoms. The number of pyridine rings is 1. The zero-order valence-electron chi connectivity index (χ0n) is 14.8. The van der Waals surface area contributed by atoms with Crippen molar-refractivity contribution in [3.63, 3.8) is 0 Å². The molecule has 1 N–H and O–H groups in total. The van der Waals surface area contributed by atoms with E-state index in [9.17, 15) is 8.42 Å². The van der Waals surface area contributed by atoms with Crippen LogP contribution in [0.5, 0.6) is 0 Å². The third-order valence-electron chi connectivity index (χ3n) is 4.61. The second kappa shape index (κ2) is 6.96. The number of benzene rings is 1. The minimum absolute atomic E-state index is 0.234. The molecule has 0 unspecified atom stereocenters. The Balaban J connectivity index is 1.58. The number of rotatable bonds is 4. The van der Waals surface area contributed by atoms with E-state index >= 15 is 0 Å². The molecule has 0 saturated heterocycles. The van der Waals surface area contributed by atoms with E-state index in [0.29, 0.717) is 0 Å². The Labute approximate surface area is 158 Å². The number of hydrogen-bond donors (Lipinski definition) is 1. The maximum absolute atomic E-state index is 12.8. The lowest BCUT2D eigenvalue weighted by atomic mass is 10.0. The highest BCUT2D eigenvalue weighted by Crippen LogP contribution is 2.29. The Bertz CT molecular complexity index is 1050. The molecule has 7 nitrogen and oxygen atoms in total. The Hall–Kier alpha value is -3.00. The van der Waals surface area contributed by atoms with Crippen LogP contribution in [-0.2, 0) is 16.4 Å². The molecule has 3 aromatic rings. The largest absolute Gasteiger partial charge is 0.374 e. The summed E-state index contributed by atoms with van der Waals surface area (Å²) in [5.41, 5.74) is 3.78. The zero-order valence-corrected chi connectivity index (χ0v) is 15.6. The first-order valence-electron chi connectivity index (χ1n) is 8.61. The molecule has 0 radical (unpaired) electrons. The summed E-state index contributed by atoms with van der Waals surface area (Å²) in [7, 11) is -1.73. The van der Waals surface area contributed by atoms with Crippen LogP contribution in [0.1, 0.15) is 12.0 Å². The van der Waals surface area contributed by atoms with Gasteiger partial charge in [-0.15, -0.1) is 0 Å². The lowest BCUT2D eigenvalue weighted by Crippen LogP contribution is -2.25. The summed E-state index contributed by atoms with van der Waals surface area (Å²) >= 11 is 0. The highest BCUT2D eigenvalue weighted by Gasteiger charge is 2.20. The van der Waals surface area contributed by atoms with Gasteiger partial charge in [0, 0.05) is 49.0 Å². The summed E-state index contributed by atoms with van der Waals surface area (Å²) in [6.07, 6.45) is 8.46. The van der Waals surface area contributed by atoms with Crippen molar-refractivity contribution >= 4 is 21.5 Å². The van der Waals surface area contributed by atoms with Gasteiger partial charge >= 0.3 is 0 Å². The minimum atomic E-state index is -3.71. The number of nitrogens with one attached hydrogen (secondary N) is 1. The standard InChI is InChI=1S/C19H19N5O2S/c1-24-8-2-3-14-4-6-17(9-18(14)24)27(25,26)23-19-7-5-15(12-22-19)16-10-20-13-21-11-16/h4-7,9-13H,2-3,8H2,1H3,(H,22,23). The fourth-order valence-corrected chi connectivity index (χ4v) is 4.20. The van der Waals surface area contributed by atoms with Crippen LogP contribution in [0.25, 0.3) is 11.1 Å². The molecular formula is C19H19N5O2S. The van der Waals surface area contributed by atoms with Gasteiger partial charge < -0.3 is 4.90 Å². The van der Waals surface area contributed by atoms with Crippen molar-refractivity contribution in [2.24, 2.45) is 0 Å². The molecule has 27 heavy (non-hydrogen) atoms. The quantitative estimate of drug-likeness (QED) is 0.748. The third-order valence-corrected chi connectivity index (χ3v) is 5.97. The Kier molecular flexibility index (Phi) is 4.49. The van der Waals surface area contributed by atoms with Crippen LogP contribution < -0.4 is 9.62 Å². The molecule has 0 spiro atoms. The van der Waals surface area contributed by atoms with Crippen molar-refractivity contribution in [3.05, 3.63) is 60.8 Å². The first kappa shape index (κ1) is 17.4. The summed E-state index contributed by atoms with van der Waals surface area (Å²) in [6, 6.07) is 8.68. The van der Waals surface area contributed by atoms with Crippen LogP contribution in [0, 0.1) is 0 Å². The Morgan fingerprint density at radius 1 is 1.04 bits per heavy atom. The number of sulfonamides is 1. The van der Waals surface area contributed by atoms with Gasteiger partial charge in [-0.25, -0.2) is 23.4 Å². The molecule has 4 rings (SSSR count). The van der Waals surface area contributed by atoms with E-state index in [1.54, 1.807) is 42.9 Å². The fraction of sp³-hybridized carbons (Fsp3) is 0.211. The summed E-state index contributed by atoms with van der Waals surface area (Å²) in [5.74, 6) is 0.265. The summed E-state index contributed by atoms with van der Waals surface area (Å²) in [4.78, 5) is 14.5. The molecule has 0 amide bonds. The lowest BCUT2D eigenvalue weighted by molar-refractivity contribution is 0.601. The normalized spacial score (nSPS) is 13.9. The van der Waals surface area contributed by atoms with Gasteiger partial charge in [-0.2, -0.15) is 0 Å². The maximum Gasteiger partial charge on any atom is 0.263 e. The van der Waals surface area contributed by atoms with Gasteiger partial charge in [0.2, 0.25) is 0 Å². The minimum Gasteiger partial charge on any atom is -0.374 e. The zero-order chi connectivity index (χ0) is 18.9. The number of nitrogens with zero attached hydrogens (tertiary/aromatic N) is 4. The van der Waals surface area contributed by atoms with Gasteiger partial charge in [0.25, 0.3) is 10.0 Å². The average Bonchev–Trinajstić information content (AvgIpc) is 2.69. The monoisotopic (exact) mass is 381 g/mol. The summed E-state index contributed by atoms with van der Waals surface area (Å²) in [6.45, 7) is 0.927. The maximum atomic E-state index is 12.8. The molecule has 1 aliphatic heterocycles. The SMILES string of the molecule is CN1CCCc2ccc(S(=O)(=O)Nc3ccc(-c4cncnc4)cn3)cc21. The van der Waals surface area contributed by atoms with Gasteiger partial charge in [-0.05, 0) is 42.7 Å². The van der Waals surface area contributed by atoms with Crippen LogP contribution in [0.4, 0.5) is 11.5 Å². The molecule has 0 saturated carbocycles. The highest BCUT2D eigenvalue weighted by molar-refractivity contribution is 7.92. The van der Waals surface area contributed by atoms with Gasteiger partial charge in [0.1, 0.15) is 12.1 Å². The highest BCUT2D eigenvalue weighted by atomic mass is 32.2. The Morgan fingerprint density at radius 2 is 1.85 bits per heavy atom. The van der Waals surface area contributed by atoms with E-state index < -0.39 is 10.0 Å². The predicted molar refractivity (Wildman–Crippen MR) is 104 cm³/mol. The van der Waals surface area contributed by atoms with Gasteiger partial charge in [-0.3, -0.25) is 4.72 Å². The smallest absolute Gasteiger partial charge is 0.263 e. The van der Waals surface area contributed by atoms with Crippen molar-refractivity contribution in [1.82, 2.24) is 15.0 Å². The van der Waals surface area contributed by atoms with E-state index in [2.05, 4.69) is 24.6 Å². The second-order valence-corrected chi connectivity index (χ2v) is 8.16. The van der Waals surface area contributed by atoms with Crippen LogP contribution in [0.2, 0.25) is 0 Å². The number of anilines is 2. The van der Waals surface area contributed by atoms with Gasteiger partial charge in [0.15, 0.2) is 0 Å². The number of aromatic nitrogens is 3. The van der Waals surface area contributed by atoms with E-state index in [1.807, 2.05) is 13.1 Å². The first-order chi connectivity index (χ1) is 13.0. The van der Waals surface area contributed by atoms with Gasteiger partial charge in [0.05, 0.1) is 4.90 Å². The average molecular weight is 381 g/mol. The van der Waals surface area contributed by atoms with Crippen LogP contribution in [-0.4, -0.2) is 37.0 Å². The topological polar surface area (TPSA) is 88.1 Å².